The van der Waals surface area contributed by atoms with Crippen LogP contribution in [0.5, 0.6) is 5.75 Å². The van der Waals surface area contributed by atoms with Crippen LogP contribution in [0.4, 0.5) is 8.78 Å². The molecule has 1 heterocycles. The van der Waals surface area contributed by atoms with Crippen molar-refractivity contribution >= 4 is 29.9 Å². The van der Waals surface area contributed by atoms with E-state index in [0.717, 1.165) is 50.6 Å². The number of hydrogen-bond donors (Lipinski definition) is 2. The maximum atomic E-state index is 13.1. The van der Waals surface area contributed by atoms with Gasteiger partial charge in [0.25, 0.3) is 0 Å². The molecule has 1 aliphatic heterocycles. The van der Waals surface area contributed by atoms with Gasteiger partial charge in [0.05, 0.1) is 6.54 Å². The van der Waals surface area contributed by atoms with Crippen molar-refractivity contribution in [3.05, 3.63) is 29.8 Å². The largest absolute Gasteiger partial charge is 0.492 e. The number of nitrogens with one attached hydrogen (secondary N) is 2. The quantitative estimate of drug-likeness (QED) is 0.251. The van der Waals surface area contributed by atoms with Crippen LogP contribution in [0.2, 0.25) is 0 Å². The summed E-state index contributed by atoms with van der Waals surface area (Å²) in [4.78, 5) is 7.00. The lowest BCUT2D eigenvalue weighted by Crippen LogP contribution is -2.48. The van der Waals surface area contributed by atoms with E-state index in [2.05, 4.69) is 27.4 Å². The monoisotopic (exact) mass is 496 g/mol. The second-order valence-corrected chi connectivity index (χ2v) is 6.45. The zero-order valence-electron chi connectivity index (χ0n) is 16.1. The number of benzene rings is 1. The predicted octanol–water partition coefficient (Wildman–Crippen LogP) is 3.39. The van der Waals surface area contributed by atoms with Crippen LogP contribution in [0, 0.1) is 11.6 Å². The van der Waals surface area contributed by atoms with Crippen LogP contribution in [0.3, 0.4) is 0 Å². The van der Waals surface area contributed by atoms with E-state index in [4.69, 9.17) is 4.74 Å². The molecule has 0 atom stereocenters. The van der Waals surface area contributed by atoms with Crippen molar-refractivity contribution in [3.63, 3.8) is 0 Å². The number of piperidine rings is 1. The highest BCUT2D eigenvalue weighted by molar-refractivity contribution is 14.0. The molecule has 1 aromatic carbocycles. The Morgan fingerprint density at radius 2 is 1.96 bits per heavy atom. The molecule has 0 spiro atoms. The molecule has 1 aromatic rings. The molecule has 0 aromatic heterocycles. The lowest BCUT2D eigenvalue weighted by Gasteiger charge is -2.32. The summed E-state index contributed by atoms with van der Waals surface area (Å²) >= 11 is 0. The van der Waals surface area contributed by atoms with Gasteiger partial charge in [0.1, 0.15) is 12.4 Å². The van der Waals surface area contributed by atoms with Crippen molar-refractivity contribution in [2.75, 3.05) is 39.3 Å². The Hall–Kier alpha value is -1.16. The third-order valence-corrected chi connectivity index (χ3v) is 4.33. The molecule has 0 radical (unpaired) electrons. The average molecular weight is 496 g/mol. The molecular formula is C19H31F2IN4O. The molecule has 1 aliphatic rings. The van der Waals surface area contributed by atoms with Crippen LogP contribution in [0.15, 0.2) is 23.2 Å². The molecule has 8 heteroatoms. The number of nitrogens with zero attached hydrogens (tertiary/aromatic N) is 2. The molecule has 0 saturated carbocycles. The SMILES string of the molecule is CCCN1CCC(NC(=NCCOc2ccc(F)c(F)c2)NCC)CC1.I. The number of rotatable bonds is 8. The van der Waals surface area contributed by atoms with E-state index in [9.17, 15) is 8.78 Å². The second-order valence-electron chi connectivity index (χ2n) is 6.45. The molecule has 0 bridgehead atoms. The van der Waals surface area contributed by atoms with Crippen LogP contribution < -0.4 is 15.4 Å². The summed E-state index contributed by atoms with van der Waals surface area (Å²) in [5.41, 5.74) is 0. The van der Waals surface area contributed by atoms with Crippen LogP contribution in [-0.4, -0.2) is 56.2 Å². The van der Waals surface area contributed by atoms with Crippen LogP contribution in [-0.2, 0) is 0 Å². The van der Waals surface area contributed by atoms with Gasteiger partial charge in [-0.25, -0.2) is 13.8 Å². The fourth-order valence-electron chi connectivity index (χ4n) is 3.02. The number of hydrogen-bond acceptors (Lipinski definition) is 3. The Morgan fingerprint density at radius 1 is 1.22 bits per heavy atom. The molecule has 1 fully saturated rings. The Morgan fingerprint density at radius 3 is 2.59 bits per heavy atom. The number of likely N-dealkylation sites (tertiary alicyclic amines) is 1. The van der Waals surface area contributed by atoms with Gasteiger partial charge in [-0.05, 0) is 44.9 Å². The molecule has 154 valence electrons. The number of ether oxygens (including phenoxy) is 1. The third kappa shape index (κ3) is 8.59. The highest BCUT2D eigenvalue weighted by atomic mass is 127. The number of guanidine groups is 1. The lowest BCUT2D eigenvalue weighted by molar-refractivity contribution is 0.206. The average Bonchev–Trinajstić information content (AvgIpc) is 2.63. The molecule has 0 unspecified atom stereocenters. The summed E-state index contributed by atoms with van der Waals surface area (Å²) in [5, 5.41) is 6.72. The van der Waals surface area contributed by atoms with Gasteiger partial charge in [-0.3, -0.25) is 0 Å². The number of aliphatic imine (C=N–C) groups is 1. The van der Waals surface area contributed by atoms with Crippen LogP contribution >= 0.6 is 24.0 Å². The topological polar surface area (TPSA) is 48.9 Å². The van der Waals surface area contributed by atoms with Crippen molar-refractivity contribution in [1.29, 1.82) is 0 Å². The molecule has 5 nitrogen and oxygen atoms in total. The zero-order chi connectivity index (χ0) is 18.8. The predicted molar refractivity (Wildman–Crippen MR) is 116 cm³/mol. The summed E-state index contributed by atoms with van der Waals surface area (Å²) in [6.45, 7) is 9.15. The Kier molecular flexibility index (Phi) is 11.6. The second kappa shape index (κ2) is 13.1. The normalized spacial score (nSPS) is 15.9. The van der Waals surface area contributed by atoms with E-state index in [1.807, 2.05) is 6.92 Å². The van der Waals surface area contributed by atoms with Crippen LogP contribution in [0.1, 0.15) is 33.1 Å². The van der Waals surface area contributed by atoms with Gasteiger partial charge in [-0.2, -0.15) is 0 Å². The first-order chi connectivity index (χ1) is 12.6. The van der Waals surface area contributed by atoms with E-state index in [1.54, 1.807) is 0 Å². The molecule has 27 heavy (non-hydrogen) atoms. The summed E-state index contributed by atoms with van der Waals surface area (Å²) in [5.74, 6) is -0.704. The maximum absolute atomic E-state index is 13.1. The van der Waals surface area contributed by atoms with Gasteiger partial charge in [-0.1, -0.05) is 6.92 Å². The smallest absolute Gasteiger partial charge is 0.191 e. The maximum Gasteiger partial charge on any atom is 0.191 e. The lowest BCUT2D eigenvalue weighted by atomic mass is 10.1. The summed E-state index contributed by atoms with van der Waals surface area (Å²) in [7, 11) is 0. The van der Waals surface area contributed by atoms with Gasteiger partial charge in [0.15, 0.2) is 17.6 Å². The third-order valence-electron chi connectivity index (χ3n) is 4.33. The minimum Gasteiger partial charge on any atom is -0.492 e. The molecule has 2 rings (SSSR count). The van der Waals surface area contributed by atoms with Gasteiger partial charge in [0.2, 0.25) is 0 Å². The minimum atomic E-state index is -0.907. The standard InChI is InChI=1S/C19H30F2N4O.HI/c1-3-10-25-11-7-15(8-12-25)24-19(22-4-2)23-9-13-26-16-5-6-17(20)18(21)14-16;/h5-6,14-15H,3-4,7-13H2,1-2H3,(H2,22,23,24);1H. The molecule has 0 amide bonds. The first kappa shape index (κ1) is 23.9. The van der Waals surface area contributed by atoms with E-state index in [0.29, 0.717) is 24.9 Å². The van der Waals surface area contributed by atoms with Gasteiger partial charge in [-0.15, -0.1) is 24.0 Å². The molecular weight excluding hydrogens is 465 g/mol. The first-order valence-corrected chi connectivity index (χ1v) is 9.47. The van der Waals surface area contributed by atoms with E-state index < -0.39 is 11.6 Å². The highest BCUT2D eigenvalue weighted by Crippen LogP contribution is 2.15. The Balaban J connectivity index is 0.00000364. The van der Waals surface area contributed by atoms with Crippen molar-refractivity contribution < 1.29 is 13.5 Å². The Labute approximate surface area is 178 Å². The molecule has 2 N–H and O–H groups in total. The van der Waals surface area contributed by atoms with Crippen molar-refractivity contribution in [1.82, 2.24) is 15.5 Å². The minimum absolute atomic E-state index is 0. The van der Waals surface area contributed by atoms with E-state index in [-0.39, 0.29) is 24.0 Å². The fourth-order valence-corrected chi connectivity index (χ4v) is 3.02. The van der Waals surface area contributed by atoms with Crippen molar-refractivity contribution in [3.8, 4) is 5.75 Å². The van der Waals surface area contributed by atoms with Crippen LogP contribution in [0.25, 0.3) is 0 Å². The summed E-state index contributed by atoms with van der Waals surface area (Å²) in [6.07, 6.45) is 3.41. The van der Waals surface area contributed by atoms with Crippen molar-refractivity contribution in [2.24, 2.45) is 4.99 Å². The highest BCUT2D eigenvalue weighted by Gasteiger charge is 2.19. The van der Waals surface area contributed by atoms with Gasteiger partial charge in [0, 0.05) is 31.7 Å². The summed E-state index contributed by atoms with van der Waals surface area (Å²) in [6, 6.07) is 3.94. The molecule has 1 saturated heterocycles. The summed E-state index contributed by atoms with van der Waals surface area (Å²) < 4.78 is 31.5. The fraction of sp³-hybridized carbons (Fsp3) is 0.632. The Bertz CT molecular complexity index is 581. The first-order valence-electron chi connectivity index (χ1n) is 9.47. The van der Waals surface area contributed by atoms with E-state index >= 15 is 0 Å². The van der Waals surface area contributed by atoms with Gasteiger partial charge >= 0.3 is 0 Å². The number of halogens is 3. The van der Waals surface area contributed by atoms with E-state index in [1.165, 1.54) is 19.0 Å². The van der Waals surface area contributed by atoms with Gasteiger partial charge < -0.3 is 20.3 Å². The molecule has 0 aliphatic carbocycles. The zero-order valence-corrected chi connectivity index (χ0v) is 18.5. The van der Waals surface area contributed by atoms with Crippen molar-refractivity contribution in [2.45, 2.75) is 39.2 Å².